The smallest absolute Gasteiger partial charge is 0.250 e. The monoisotopic (exact) mass is 346 g/mol. The Morgan fingerprint density at radius 3 is 2.87 bits per heavy atom. The maximum Gasteiger partial charge on any atom is 0.250 e. The van der Waals surface area contributed by atoms with E-state index in [9.17, 15) is 9.90 Å². The molecular weight excluding hydrogens is 324 g/mol. The van der Waals surface area contributed by atoms with Crippen LogP contribution in [0.4, 0.5) is 0 Å². The molecule has 0 spiro atoms. The third kappa shape index (κ3) is 5.24. The molecule has 1 aromatic rings. The number of rotatable bonds is 6. The second-order valence-corrected chi connectivity index (χ2v) is 4.93. The molecule has 2 unspecified atom stereocenters. The first-order valence-electron chi connectivity index (χ1n) is 7.15. The Bertz CT molecular complexity index is 509. The zero-order valence-electron chi connectivity index (χ0n) is 13.2. The van der Waals surface area contributed by atoms with Crippen molar-refractivity contribution < 1.29 is 24.1 Å². The van der Waals surface area contributed by atoms with Crippen molar-refractivity contribution in [1.29, 1.82) is 0 Å². The van der Waals surface area contributed by atoms with E-state index in [0.717, 1.165) is 6.54 Å². The Labute approximate surface area is 141 Å². The summed E-state index contributed by atoms with van der Waals surface area (Å²) in [6, 6.07) is 5.15. The van der Waals surface area contributed by atoms with E-state index >= 15 is 0 Å². The number of morpholine rings is 1. The summed E-state index contributed by atoms with van der Waals surface area (Å²) in [4.78, 5) is 12.0. The Hall–Kier alpha value is -1.54. The van der Waals surface area contributed by atoms with E-state index in [1.807, 2.05) is 0 Å². The quantitative estimate of drug-likeness (QED) is 0.685. The fraction of sp³-hybridized carbons (Fsp3) is 0.533. The number of carbonyl (C=O) groups is 1. The molecule has 0 aromatic heterocycles. The minimum atomic E-state index is -0.898. The molecule has 0 aliphatic carbocycles. The van der Waals surface area contributed by atoms with E-state index in [4.69, 9.17) is 14.2 Å². The summed E-state index contributed by atoms with van der Waals surface area (Å²) >= 11 is 0. The minimum absolute atomic E-state index is 0. The van der Waals surface area contributed by atoms with Crippen LogP contribution in [-0.2, 0) is 9.53 Å². The van der Waals surface area contributed by atoms with Gasteiger partial charge in [-0.1, -0.05) is 0 Å². The summed E-state index contributed by atoms with van der Waals surface area (Å²) in [7, 11) is 3.07. The van der Waals surface area contributed by atoms with Crippen molar-refractivity contribution in [1.82, 2.24) is 10.6 Å². The number of aliphatic hydroxyl groups excluding tert-OH is 1. The SMILES string of the molecule is COc1ccc(OC)c(C(O)CNC(=O)C2CNCCO2)c1.Cl. The minimum Gasteiger partial charge on any atom is -0.497 e. The molecule has 2 rings (SSSR count). The van der Waals surface area contributed by atoms with Crippen molar-refractivity contribution in [3.05, 3.63) is 23.8 Å². The van der Waals surface area contributed by atoms with Gasteiger partial charge in [-0.05, 0) is 18.2 Å². The van der Waals surface area contributed by atoms with Crippen LogP contribution in [0.3, 0.4) is 0 Å². The summed E-state index contributed by atoms with van der Waals surface area (Å²) in [5.74, 6) is 0.909. The maximum absolute atomic E-state index is 12.0. The van der Waals surface area contributed by atoms with Crippen LogP contribution in [-0.4, -0.2) is 57.6 Å². The van der Waals surface area contributed by atoms with Gasteiger partial charge >= 0.3 is 0 Å². The molecule has 1 amide bonds. The van der Waals surface area contributed by atoms with Gasteiger partial charge in [0.05, 0.1) is 26.9 Å². The van der Waals surface area contributed by atoms with Crippen LogP contribution in [0.5, 0.6) is 11.5 Å². The molecular formula is C15H23ClN2O5. The van der Waals surface area contributed by atoms with Crippen molar-refractivity contribution in [3.8, 4) is 11.5 Å². The van der Waals surface area contributed by atoms with E-state index in [0.29, 0.717) is 30.2 Å². The molecule has 1 aromatic carbocycles. The molecule has 1 saturated heterocycles. The average molecular weight is 347 g/mol. The number of hydrogen-bond acceptors (Lipinski definition) is 6. The fourth-order valence-electron chi connectivity index (χ4n) is 2.25. The second-order valence-electron chi connectivity index (χ2n) is 4.93. The fourth-order valence-corrected chi connectivity index (χ4v) is 2.25. The highest BCUT2D eigenvalue weighted by atomic mass is 35.5. The third-order valence-electron chi connectivity index (χ3n) is 3.49. The highest BCUT2D eigenvalue weighted by Gasteiger charge is 2.23. The molecule has 0 bridgehead atoms. The lowest BCUT2D eigenvalue weighted by molar-refractivity contribution is -0.134. The average Bonchev–Trinajstić information content (AvgIpc) is 2.59. The molecule has 8 heteroatoms. The number of nitrogens with one attached hydrogen (secondary N) is 2. The number of amides is 1. The molecule has 1 aliphatic heterocycles. The van der Waals surface area contributed by atoms with E-state index in [2.05, 4.69) is 10.6 Å². The predicted octanol–water partition coefficient (Wildman–Crippen LogP) is 0.264. The first-order chi connectivity index (χ1) is 10.7. The van der Waals surface area contributed by atoms with Crippen LogP contribution in [0.25, 0.3) is 0 Å². The Kier molecular flexibility index (Phi) is 8.11. The van der Waals surface area contributed by atoms with Gasteiger partial charge in [0.25, 0.3) is 5.91 Å². The maximum atomic E-state index is 12.0. The lowest BCUT2D eigenvalue weighted by Crippen LogP contribution is -2.48. The number of methoxy groups -OCH3 is 2. The van der Waals surface area contributed by atoms with Crippen molar-refractivity contribution in [2.24, 2.45) is 0 Å². The zero-order valence-corrected chi connectivity index (χ0v) is 14.0. The van der Waals surface area contributed by atoms with E-state index < -0.39 is 12.2 Å². The van der Waals surface area contributed by atoms with Gasteiger partial charge in [-0.2, -0.15) is 0 Å². The summed E-state index contributed by atoms with van der Waals surface area (Å²) in [6.07, 6.45) is -1.42. The molecule has 1 fully saturated rings. The predicted molar refractivity (Wildman–Crippen MR) is 87.4 cm³/mol. The van der Waals surface area contributed by atoms with Crippen molar-refractivity contribution in [2.45, 2.75) is 12.2 Å². The van der Waals surface area contributed by atoms with E-state index in [1.165, 1.54) is 7.11 Å². The first kappa shape index (κ1) is 19.5. The largest absolute Gasteiger partial charge is 0.497 e. The third-order valence-corrected chi connectivity index (χ3v) is 3.49. The highest BCUT2D eigenvalue weighted by molar-refractivity contribution is 5.85. The van der Waals surface area contributed by atoms with Crippen LogP contribution < -0.4 is 20.1 Å². The molecule has 7 nitrogen and oxygen atoms in total. The molecule has 130 valence electrons. The van der Waals surface area contributed by atoms with Gasteiger partial charge in [0.15, 0.2) is 0 Å². The van der Waals surface area contributed by atoms with Gasteiger partial charge in [0.1, 0.15) is 17.6 Å². The summed E-state index contributed by atoms with van der Waals surface area (Å²) in [5, 5.41) is 16.1. The summed E-state index contributed by atoms with van der Waals surface area (Å²) in [6.45, 7) is 1.80. The molecule has 1 heterocycles. The summed E-state index contributed by atoms with van der Waals surface area (Å²) in [5.41, 5.74) is 0.560. The molecule has 3 N–H and O–H groups in total. The molecule has 2 atom stereocenters. The van der Waals surface area contributed by atoms with Crippen LogP contribution >= 0.6 is 12.4 Å². The first-order valence-corrected chi connectivity index (χ1v) is 7.15. The number of aliphatic hydroxyl groups is 1. The van der Waals surface area contributed by atoms with Crippen molar-refractivity contribution in [2.75, 3.05) is 40.5 Å². The standard InChI is InChI=1S/C15H22N2O5.ClH/c1-20-10-3-4-13(21-2)11(7-10)12(18)8-17-15(19)14-9-16-5-6-22-14;/h3-4,7,12,14,16,18H,5-6,8-9H2,1-2H3,(H,17,19);1H. The number of ether oxygens (including phenoxy) is 3. The highest BCUT2D eigenvalue weighted by Crippen LogP contribution is 2.29. The van der Waals surface area contributed by atoms with Gasteiger partial charge in [-0.3, -0.25) is 4.79 Å². The van der Waals surface area contributed by atoms with E-state index in [-0.39, 0.29) is 24.9 Å². The molecule has 0 radical (unpaired) electrons. The van der Waals surface area contributed by atoms with Crippen LogP contribution in [0.1, 0.15) is 11.7 Å². The van der Waals surface area contributed by atoms with Crippen LogP contribution in [0.15, 0.2) is 18.2 Å². The molecule has 23 heavy (non-hydrogen) atoms. The number of carbonyl (C=O) groups excluding carboxylic acids is 1. The normalized spacial score (nSPS) is 18.5. The Morgan fingerprint density at radius 1 is 1.48 bits per heavy atom. The van der Waals surface area contributed by atoms with Crippen LogP contribution in [0.2, 0.25) is 0 Å². The van der Waals surface area contributed by atoms with E-state index in [1.54, 1.807) is 25.3 Å². The second kappa shape index (κ2) is 9.57. The zero-order chi connectivity index (χ0) is 15.9. The molecule has 1 aliphatic rings. The lowest BCUT2D eigenvalue weighted by atomic mass is 10.1. The Morgan fingerprint density at radius 2 is 2.26 bits per heavy atom. The van der Waals surface area contributed by atoms with Gasteiger partial charge in [-0.15, -0.1) is 12.4 Å². The lowest BCUT2D eigenvalue weighted by Gasteiger charge is -2.23. The number of hydrogen-bond donors (Lipinski definition) is 3. The number of benzene rings is 1. The van der Waals surface area contributed by atoms with Gasteiger partial charge in [0.2, 0.25) is 0 Å². The molecule has 0 saturated carbocycles. The summed E-state index contributed by atoms with van der Waals surface area (Å²) < 4.78 is 15.7. The topological polar surface area (TPSA) is 89.0 Å². The number of halogens is 1. The Balaban J connectivity index is 0.00000264. The van der Waals surface area contributed by atoms with Crippen molar-refractivity contribution in [3.63, 3.8) is 0 Å². The van der Waals surface area contributed by atoms with Gasteiger partial charge in [0, 0.05) is 25.2 Å². The van der Waals surface area contributed by atoms with Gasteiger partial charge < -0.3 is 30.0 Å². The van der Waals surface area contributed by atoms with Crippen molar-refractivity contribution >= 4 is 18.3 Å². The van der Waals surface area contributed by atoms with Gasteiger partial charge in [-0.25, -0.2) is 0 Å². The van der Waals surface area contributed by atoms with Crippen LogP contribution in [0, 0.1) is 0 Å².